The third-order valence-corrected chi connectivity index (χ3v) is 1.68. The fourth-order valence-corrected chi connectivity index (χ4v) is 0.961. The van der Waals surface area contributed by atoms with Gasteiger partial charge < -0.3 is 10.5 Å². The van der Waals surface area contributed by atoms with Crippen LogP contribution in [0, 0.1) is 18.8 Å². The first-order valence-electron chi connectivity index (χ1n) is 4.54. The number of anilines is 1. The molecule has 1 aromatic heterocycles. The van der Waals surface area contributed by atoms with Crippen molar-refractivity contribution >= 4 is 11.7 Å². The Morgan fingerprint density at radius 3 is 3.07 bits per heavy atom. The van der Waals surface area contributed by atoms with Crippen LogP contribution in [0.1, 0.15) is 18.2 Å². The Bertz CT molecular complexity index is 430. The van der Waals surface area contributed by atoms with Gasteiger partial charge in [0.1, 0.15) is 0 Å². The maximum Gasteiger partial charge on any atom is 0.384 e. The van der Waals surface area contributed by atoms with E-state index in [2.05, 4.69) is 21.6 Å². The number of carbonyl (C=O) groups excluding carboxylic acids is 1. The number of aromatic nitrogens is 1. The van der Waals surface area contributed by atoms with Crippen molar-refractivity contribution in [1.82, 2.24) is 4.98 Å². The van der Waals surface area contributed by atoms with E-state index >= 15 is 0 Å². The second kappa shape index (κ2) is 5.01. The highest BCUT2D eigenvalue weighted by Gasteiger charge is 1.98. The van der Waals surface area contributed by atoms with Crippen molar-refractivity contribution in [3.05, 3.63) is 23.5 Å². The van der Waals surface area contributed by atoms with Gasteiger partial charge in [-0.05, 0) is 19.9 Å². The van der Waals surface area contributed by atoms with Crippen LogP contribution in [0.3, 0.4) is 0 Å². The molecular formula is C11H12N2O2. The minimum Gasteiger partial charge on any atom is -0.456 e. The third kappa shape index (κ3) is 3.31. The smallest absolute Gasteiger partial charge is 0.384 e. The number of esters is 1. The number of nitrogen functional groups attached to an aromatic ring is 1. The van der Waals surface area contributed by atoms with Gasteiger partial charge in [0.2, 0.25) is 0 Å². The molecule has 1 rings (SSSR count). The molecule has 0 fully saturated rings. The van der Waals surface area contributed by atoms with Gasteiger partial charge in [0.25, 0.3) is 0 Å². The van der Waals surface area contributed by atoms with E-state index in [1.807, 2.05) is 0 Å². The molecule has 0 saturated carbocycles. The molecule has 0 aromatic carbocycles. The monoisotopic (exact) mass is 204 g/mol. The van der Waals surface area contributed by atoms with Crippen molar-refractivity contribution in [1.29, 1.82) is 0 Å². The summed E-state index contributed by atoms with van der Waals surface area (Å²) in [4.78, 5) is 15.0. The zero-order valence-electron chi connectivity index (χ0n) is 8.70. The topological polar surface area (TPSA) is 65.2 Å². The Kier molecular flexibility index (Phi) is 3.69. The largest absolute Gasteiger partial charge is 0.456 e. The maximum atomic E-state index is 11.0. The molecule has 2 N–H and O–H groups in total. The number of carbonyl (C=O) groups is 1. The van der Waals surface area contributed by atoms with Crippen molar-refractivity contribution < 1.29 is 9.53 Å². The predicted molar refractivity (Wildman–Crippen MR) is 56.9 cm³/mol. The molecule has 78 valence electrons. The number of aryl methyl sites for hydroxylation is 1. The van der Waals surface area contributed by atoms with Crippen molar-refractivity contribution in [3.63, 3.8) is 0 Å². The van der Waals surface area contributed by atoms with Crippen LogP contribution in [-0.2, 0) is 9.53 Å². The minimum absolute atomic E-state index is 0.321. The summed E-state index contributed by atoms with van der Waals surface area (Å²) >= 11 is 0. The Hall–Kier alpha value is -2.02. The number of nitrogens with two attached hydrogens (primary N) is 1. The van der Waals surface area contributed by atoms with E-state index in [0.29, 0.717) is 17.9 Å². The maximum absolute atomic E-state index is 11.0. The molecule has 0 aliphatic rings. The van der Waals surface area contributed by atoms with Gasteiger partial charge in [-0.15, -0.1) is 0 Å². The highest BCUT2D eigenvalue weighted by atomic mass is 16.5. The first-order valence-corrected chi connectivity index (χ1v) is 4.54. The molecule has 0 bridgehead atoms. The molecule has 0 aliphatic heterocycles. The van der Waals surface area contributed by atoms with Gasteiger partial charge in [-0.2, -0.15) is 0 Å². The molecule has 1 heterocycles. The van der Waals surface area contributed by atoms with E-state index in [-0.39, 0.29) is 0 Å². The van der Waals surface area contributed by atoms with E-state index in [1.54, 1.807) is 26.1 Å². The number of pyridine rings is 1. The van der Waals surface area contributed by atoms with E-state index < -0.39 is 5.97 Å². The number of hydrogen-bond acceptors (Lipinski definition) is 4. The molecule has 15 heavy (non-hydrogen) atoms. The van der Waals surface area contributed by atoms with Crippen LogP contribution in [0.5, 0.6) is 0 Å². The van der Waals surface area contributed by atoms with Gasteiger partial charge in [0, 0.05) is 11.5 Å². The lowest BCUT2D eigenvalue weighted by Crippen LogP contribution is -2.00. The molecular weight excluding hydrogens is 192 g/mol. The van der Waals surface area contributed by atoms with Crippen LogP contribution in [0.2, 0.25) is 0 Å². The molecule has 4 nitrogen and oxygen atoms in total. The van der Waals surface area contributed by atoms with Crippen LogP contribution in [-0.4, -0.2) is 17.6 Å². The molecule has 0 saturated heterocycles. The quantitative estimate of drug-likeness (QED) is 0.545. The summed E-state index contributed by atoms with van der Waals surface area (Å²) in [5, 5.41) is 0. The Labute approximate surface area is 88.5 Å². The summed E-state index contributed by atoms with van der Waals surface area (Å²) in [5.41, 5.74) is 7.45. The van der Waals surface area contributed by atoms with Gasteiger partial charge in [-0.3, -0.25) is 4.98 Å². The van der Waals surface area contributed by atoms with Gasteiger partial charge in [0.05, 0.1) is 24.2 Å². The Morgan fingerprint density at radius 1 is 1.67 bits per heavy atom. The van der Waals surface area contributed by atoms with Crippen LogP contribution in [0.25, 0.3) is 0 Å². The molecule has 4 heteroatoms. The average Bonchev–Trinajstić information content (AvgIpc) is 2.20. The molecule has 0 spiro atoms. The van der Waals surface area contributed by atoms with E-state index in [4.69, 9.17) is 5.73 Å². The summed E-state index contributed by atoms with van der Waals surface area (Å²) in [7, 11) is 0. The van der Waals surface area contributed by atoms with Crippen LogP contribution >= 0.6 is 0 Å². The predicted octanol–water partition coefficient (Wildman–Crippen LogP) is 0.887. The lowest BCUT2D eigenvalue weighted by molar-refractivity contribution is -0.136. The second-order valence-electron chi connectivity index (χ2n) is 2.87. The fraction of sp³-hybridized carbons (Fsp3) is 0.273. The van der Waals surface area contributed by atoms with Crippen LogP contribution < -0.4 is 5.73 Å². The summed E-state index contributed by atoms with van der Waals surface area (Å²) in [5.74, 6) is 4.49. The lowest BCUT2D eigenvalue weighted by atomic mass is 10.2. The fourth-order valence-electron chi connectivity index (χ4n) is 0.961. The molecule has 0 amide bonds. The SMILES string of the molecule is CCOC(=O)C#Cc1cc(N)cnc1C. The second-order valence-corrected chi connectivity index (χ2v) is 2.87. The summed E-state index contributed by atoms with van der Waals surface area (Å²) < 4.78 is 4.67. The Balaban J connectivity index is 2.88. The standard InChI is InChI=1S/C11H12N2O2/c1-3-15-11(14)5-4-9-6-10(12)7-13-8(9)2/h6-7H,3,12H2,1-2H3. The number of hydrogen-bond donors (Lipinski definition) is 1. The van der Waals surface area contributed by atoms with Gasteiger partial charge in [-0.25, -0.2) is 4.79 Å². The first-order chi connectivity index (χ1) is 7.13. The van der Waals surface area contributed by atoms with E-state index in [0.717, 1.165) is 5.69 Å². The van der Waals surface area contributed by atoms with Gasteiger partial charge in [-0.1, -0.05) is 5.92 Å². The zero-order valence-corrected chi connectivity index (χ0v) is 8.70. The lowest BCUT2D eigenvalue weighted by Gasteiger charge is -1.97. The molecule has 1 aromatic rings. The highest BCUT2D eigenvalue weighted by molar-refractivity contribution is 5.89. The number of ether oxygens (including phenoxy) is 1. The molecule has 0 unspecified atom stereocenters. The number of nitrogens with zero attached hydrogens (tertiary/aromatic N) is 1. The van der Waals surface area contributed by atoms with Crippen molar-refractivity contribution in [2.45, 2.75) is 13.8 Å². The normalized spacial score (nSPS) is 8.93. The Morgan fingerprint density at radius 2 is 2.40 bits per heavy atom. The molecule has 0 radical (unpaired) electrons. The summed E-state index contributed by atoms with van der Waals surface area (Å²) in [6.45, 7) is 3.85. The van der Waals surface area contributed by atoms with Crippen molar-refractivity contribution in [3.8, 4) is 11.8 Å². The zero-order chi connectivity index (χ0) is 11.3. The van der Waals surface area contributed by atoms with Crippen molar-refractivity contribution in [2.24, 2.45) is 0 Å². The summed E-state index contributed by atoms with van der Waals surface area (Å²) in [6.07, 6.45) is 1.55. The van der Waals surface area contributed by atoms with E-state index in [9.17, 15) is 4.79 Å². The first kappa shape index (κ1) is 11.1. The van der Waals surface area contributed by atoms with Crippen LogP contribution in [0.4, 0.5) is 5.69 Å². The van der Waals surface area contributed by atoms with Gasteiger partial charge in [0.15, 0.2) is 0 Å². The van der Waals surface area contributed by atoms with Gasteiger partial charge >= 0.3 is 5.97 Å². The number of rotatable bonds is 1. The third-order valence-electron chi connectivity index (χ3n) is 1.68. The summed E-state index contributed by atoms with van der Waals surface area (Å²) in [6, 6.07) is 1.68. The average molecular weight is 204 g/mol. The van der Waals surface area contributed by atoms with E-state index in [1.165, 1.54) is 0 Å². The van der Waals surface area contributed by atoms with Crippen LogP contribution in [0.15, 0.2) is 12.3 Å². The molecule has 0 aliphatic carbocycles. The minimum atomic E-state index is -0.542. The highest BCUT2D eigenvalue weighted by Crippen LogP contribution is 2.07. The molecule has 0 atom stereocenters. The van der Waals surface area contributed by atoms with Crippen molar-refractivity contribution in [2.75, 3.05) is 12.3 Å².